The van der Waals surface area contributed by atoms with E-state index >= 15 is 0 Å². The fraction of sp³-hybridized carbons (Fsp3) is 0.368. The van der Waals surface area contributed by atoms with Crippen LogP contribution in [0.15, 0.2) is 83.4 Å². The molecule has 2 amide bonds. The number of aromatic hydroxyl groups is 1. The monoisotopic (exact) mass is 590 g/mol. The Balaban J connectivity index is 1.18. The molecule has 2 fully saturated rings. The average Bonchev–Trinajstić information content (AvgIpc) is 3.56. The number of para-hydroxylation sites is 1. The molecule has 2 saturated heterocycles. The zero-order valence-electron chi connectivity index (χ0n) is 26.1. The molecule has 44 heavy (non-hydrogen) atoms. The van der Waals surface area contributed by atoms with Gasteiger partial charge in [-0.05, 0) is 117 Å². The van der Waals surface area contributed by atoms with Crippen molar-refractivity contribution in [1.82, 2.24) is 0 Å². The highest BCUT2D eigenvalue weighted by molar-refractivity contribution is 6.22. The molecule has 2 N–H and O–H groups in total. The summed E-state index contributed by atoms with van der Waals surface area (Å²) in [4.78, 5) is 29.1. The predicted octanol–water partition coefficient (Wildman–Crippen LogP) is 8.26. The zero-order valence-corrected chi connectivity index (χ0v) is 26.1. The van der Waals surface area contributed by atoms with Crippen molar-refractivity contribution < 1.29 is 19.4 Å². The maximum absolute atomic E-state index is 13.9. The maximum Gasteiger partial charge on any atom is 0.238 e. The van der Waals surface area contributed by atoms with Gasteiger partial charge >= 0.3 is 0 Å². The predicted molar refractivity (Wildman–Crippen MR) is 176 cm³/mol. The minimum atomic E-state index is -0.371. The number of carbonyl (C=O) groups excluding carboxylic acids is 2. The Labute approximate surface area is 260 Å². The second-order valence-electron chi connectivity index (χ2n) is 12.4. The van der Waals surface area contributed by atoms with Gasteiger partial charge in [-0.3, -0.25) is 14.5 Å². The number of nitrogens with one attached hydrogen (secondary N) is 1. The highest BCUT2D eigenvalue weighted by atomic mass is 16.5. The van der Waals surface area contributed by atoms with Gasteiger partial charge in [0.05, 0.1) is 30.2 Å². The lowest BCUT2D eigenvalue weighted by Gasteiger charge is -2.31. The molecule has 6 nitrogen and oxygen atoms in total. The molecule has 3 aromatic rings. The Bertz CT molecular complexity index is 1600. The second-order valence-corrected chi connectivity index (χ2v) is 12.4. The quantitative estimate of drug-likeness (QED) is 0.194. The minimum Gasteiger partial charge on any atom is -0.507 e. The molecule has 6 heteroatoms. The number of allylic oxidation sites excluding steroid dienone is 2. The summed E-state index contributed by atoms with van der Waals surface area (Å²) < 4.78 is 6.43. The largest absolute Gasteiger partial charge is 0.507 e. The first-order valence-corrected chi connectivity index (χ1v) is 15.9. The average molecular weight is 591 g/mol. The Hall–Kier alpha value is -4.16. The smallest absolute Gasteiger partial charge is 0.238 e. The van der Waals surface area contributed by atoms with E-state index in [1.54, 1.807) is 0 Å². The highest BCUT2D eigenvalue weighted by Gasteiger charge is 2.57. The van der Waals surface area contributed by atoms with Crippen LogP contribution in [0.1, 0.15) is 62.6 Å². The van der Waals surface area contributed by atoms with E-state index in [1.807, 2.05) is 80.6 Å². The molecule has 3 aromatic carbocycles. The number of anilines is 3. The van der Waals surface area contributed by atoms with E-state index in [9.17, 15) is 14.7 Å². The van der Waals surface area contributed by atoms with Crippen LogP contribution in [0.2, 0.25) is 0 Å². The van der Waals surface area contributed by atoms with Crippen molar-refractivity contribution in [3.8, 4) is 5.75 Å². The summed E-state index contributed by atoms with van der Waals surface area (Å²) in [5, 5.41) is 13.5. The van der Waals surface area contributed by atoms with Crippen molar-refractivity contribution in [2.24, 2.45) is 17.8 Å². The normalized spacial score (nSPS) is 23.3. The van der Waals surface area contributed by atoms with Gasteiger partial charge in [0.15, 0.2) is 0 Å². The molecule has 0 unspecified atom stereocenters. The number of nitrogens with zero attached hydrogens (tertiary/aromatic N) is 1. The summed E-state index contributed by atoms with van der Waals surface area (Å²) in [5.74, 6) is -0.584. The van der Waals surface area contributed by atoms with Gasteiger partial charge in [0, 0.05) is 17.3 Å². The van der Waals surface area contributed by atoms with Gasteiger partial charge in [0.2, 0.25) is 11.8 Å². The summed E-state index contributed by atoms with van der Waals surface area (Å²) in [6.07, 6.45) is 6.36. The van der Waals surface area contributed by atoms with Gasteiger partial charge < -0.3 is 15.2 Å². The molecule has 1 aliphatic carbocycles. The fourth-order valence-electron chi connectivity index (χ4n) is 7.42. The lowest BCUT2D eigenvalue weighted by atomic mass is 9.69. The third-order valence-corrected chi connectivity index (χ3v) is 9.69. The molecule has 2 heterocycles. The molecule has 2 aliphatic heterocycles. The van der Waals surface area contributed by atoms with E-state index in [0.29, 0.717) is 24.5 Å². The van der Waals surface area contributed by atoms with Crippen LogP contribution < -0.4 is 10.2 Å². The highest BCUT2D eigenvalue weighted by Crippen LogP contribution is 2.51. The summed E-state index contributed by atoms with van der Waals surface area (Å²) in [6.45, 7) is 8.68. The Morgan fingerprint density at radius 3 is 2.30 bits per heavy atom. The molecule has 0 spiro atoms. The topological polar surface area (TPSA) is 78.9 Å². The number of benzene rings is 3. The number of aryl methyl sites for hydroxylation is 2. The number of ether oxygens (including phenoxy) is 1. The molecule has 0 saturated carbocycles. The Kier molecular flexibility index (Phi) is 8.46. The first kappa shape index (κ1) is 29.9. The number of hydrogen-bond donors (Lipinski definition) is 2. The Morgan fingerprint density at radius 1 is 0.955 bits per heavy atom. The van der Waals surface area contributed by atoms with Crippen LogP contribution >= 0.6 is 0 Å². The number of fused-ring (bicyclic) bond motifs is 3. The van der Waals surface area contributed by atoms with Crippen molar-refractivity contribution in [2.45, 2.75) is 65.9 Å². The van der Waals surface area contributed by atoms with E-state index in [2.05, 4.69) is 25.2 Å². The van der Waals surface area contributed by atoms with Crippen molar-refractivity contribution in [2.75, 3.05) is 16.8 Å². The number of imide groups is 1. The molecule has 4 atom stereocenters. The van der Waals surface area contributed by atoms with Crippen LogP contribution in [0.3, 0.4) is 0 Å². The molecule has 0 aromatic heterocycles. The van der Waals surface area contributed by atoms with E-state index in [1.165, 1.54) is 21.6 Å². The number of phenolic OH excluding ortho intramolecular Hbond substituents is 1. The molecule has 6 rings (SSSR count). The van der Waals surface area contributed by atoms with Crippen LogP contribution in [0.25, 0.3) is 6.08 Å². The van der Waals surface area contributed by atoms with Gasteiger partial charge in [-0.15, -0.1) is 0 Å². The third kappa shape index (κ3) is 5.59. The number of rotatable bonds is 9. The molecule has 0 radical (unpaired) electrons. The van der Waals surface area contributed by atoms with Gasteiger partial charge in [0.1, 0.15) is 5.75 Å². The van der Waals surface area contributed by atoms with E-state index in [-0.39, 0.29) is 35.7 Å². The van der Waals surface area contributed by atoms with Crippen molar-refractivity contribution >= 4 is 35.0 Å². The van der Waals surface area contributed by atoms with Crippen LogP contribution in [-0.4, -0.2) is 29.6 Å². The third-order valence-electron chi connectivity index (χ3n) is 9.69. The van der Waals surface area contributed by atoms with Crippen LogP contribution in [0.5, 0.6) is 5.75 Å². The number of phenols is 1. The van der Waals surface area contributed by atoms with Gasteiger partial charge in [-0.1, -0.05) is 49.3 Å². The minimum absolute atomic E-state index is 0.0329. The van der Waals surface area contributed by atoms with Gasteiger partial charge in [-0.2, -0.15) is 0 Å². The maximum atomic E-state index is 13.9. The Morgan fingerprint density at radius 2 is 1.64 bits per heavy atom. The zero-order chi connectivity index (χ0) is 31.0. The van der Waals surface area contributed by atoms with E-state index < -0.39 is 0 Å². The molecule has 3 aliphatic rings. The van der Waals surface area contributed by atoms with Crippen molar-refractivity contribution in [3.05, 3.63) is 100 Å². The SMILES string of the molecule is CCC1=C2[C@@H](CC/C(=C/c3cc(C)c(O)c(C)c3)CC)OC[C@@H]2[C@@H]2C(=O)N(c3ccc(Nc4ccccc4)cc3)C(=O)[C@@H]2C1. The first-order valence-electron chi connectivity index (χ1n) is 15.9. The lowest BCUT2D eigenvalue weighted by molar-refractivity contribution is -0.122. The second kappa shape index (κ2) is 12.4. The molecular formula is C38H42N2O4. The summed E-state index contributed by atoms with van der Waals surface area (Å²) in [5.41, 5.74) is 9.26. The summed E-state index contributed by atoms with van der Waals surface area (Å²) >= 11 is 0. The number of hydrogen-bond acceptors (Lipinski definition) is 5. The molecule has 0 bridgehead atoms. The van der Waals surface area contributed by atoms with Crippen LogP contribution in [0, 0.1) is 31.6 Å². The van der Waals surface area contributed by atoms with Crippen molar-refractivity contribution in [1.29, 1.82) is 0 Å². The molecular weight excluding hydrogens is 548 g/mol. The summed E-state index contributed by atoms with van der Waals surface area (Å²) in [7, 11) is 0. The van der Waals surface area contributed by atoms with Crippen LogP contribution in [0.4, 0.5) is 17.1 Å². The van der Waals surface area contributed by atoms with E-state index in [0.717, 1.165) is 53.7 Å². The number of amides is 2. The van der Waals surface area contributed by atoms with Gasteiger partial charge in [-0.25, -0.2) is 0 Å². The van der Waals surface area contributed by atoms with Gasteiger partial charge in [0.25, 0.3) is 0 Å². The fourth-order valence-corrected chi connectivity index (χ4v) is 7.42. The van der Waals surface area contributed by atoms with Crippen LogP contribution in [-0.2, 0) is 14.3 Å². The molecule has 228 valence electrons. The van der Waals surface area contributed by atoms with E-state index in [4.69, 9.17) is 4.74 Å². The number of carbonyl (C=O) groups is 2. The van der Waals surface area contributed by atoms with Crippen molar-refractivity contribution in [3.63, 3.8) is 0 Å². The lowest BCUT2D eigenvalue weighted by Crippen LogP contribution is -2.34. The summed E-state index contributed by atoms with van der Waals surface area (Å²) in [6, 6.07) is 21.5. The standard InChI is InChI=1S/C38H42N2O4/c1-5-25(20-26-18-23(3)36(41)24(4)19-26)12-17-33-34-27(6-2)21-31-35(32(34)22-44-33)38(43)40(37(31)42)30-15-13-29(14-16-30)39-28-10-8-7-9-11-28/h7-11,13-16,18-20,31-33,35,39,41H,5-6,12,17,21-22H2,1-4H3/b25-20+/t31-,32+,33-,35-/m1/s1. The first-order chi connectivity index (χ1) is 21.3.